The molecule has 0 spiro atoms. The first-order chi connectivity index (χ1) is 63.8. The smallest absolute Gasteiger partial charge is 0.305 e. The van der Waals surface area contributed by atoms with Crippen LogP contribution in [0.3, 0.4) is 0 Å². The Morgan fingerprint density at radius 2 is 1.04 bits per heavy atom. The third kappa shape index (κ3) is 29.5. The van der Waals surface area contributed by atoms with Crippen molar-refractivity contribution in [2.24, 2.45) is 17.6 Å². The number of H-pyrrole nitrogens is 1. The van der Waals surface area contributed by atoms with Crippen LogP contribution in [-0.2, 0) is 123 Å². The van der Waals surface area contributed by atoms with Crippen molar-refractivity contribution < 1.29 is 115 Å². The summed E-state index contributed by atoms with van der Waals surface area (Å²) in [5, 5.41) is 55.0. The number of aromatic hydroxyl groups is 1. The Balaban J connectivity index is 1.14. The fourth-order valence-corrected chi connectivity index (χ4v) is 16.8. The molecule has 5 aromatic carbocycles. The Labute approximate surface area is 777 Å². The number of para-hydroxylation sites is 1. The number of amides is 15. The summed E-state index contributed by atoms with van der Waals surface area (Å²) in [6, 6.07) is 9.98. The summed E-state index contributed by atoms with van der Waals surface area (Å²) < 4.78 is 41.4. The number of aliphatic carboxylic acids is 2. The number of aromatic amines is 1. The maximum Gasteiger partial charge on any atom is 0.305 e. The van der Waals surface area contributed by atoms with Crippen molar-refractivity contribution in [2.45, 2.75) is 190 Å². The molecule has 15 amide bonds. The van der Waals surface area contributed by atoms with Gasteiger partial charge in [0.2, 0.25) is 88.6 Å². The van der Waals surface area contributed by atoms with Gasteiger partial charge in [0.1, 0.15) is 84.3 Å². The number of carbonyl (C=O) groups excluding carboxylic acids is 15. The highest BCUT2D eigenvalue weighted by Gasteiger charge is 2.46. The summed E-state index contributed by atoms with van der Waals surface area (Å²) in [5.41, 5.74) is 7.76. The molecule has 722 valence electrons. The number of carbonyl (C=O) groups is 17. The number of likely N-dealkylation sites (N-methyl/N-ethyl adjacent to an activating group) is 3. The molecule has 3 aliphatic rings. The molecule has 41 heteroatoms. The molecular formula is C93H118F2N16O22S. The van der Waals surface area contributed by atoms with Gasteiger partial charge >= 0.3 is 11.9 Å². The van der Waals surface area contributed by atoms with Gasteiger partial charge in [-0.1, -0.05) is 145 Å². The van der Waals surface area contributed by atoms with Gasteiger partial charge in [0.15, 0.2) is 11.6 Å². The minimum absolute atomic E-state index is 0.0192. The van der Waals surface area contributed by atoms with Gasteiger partial charge in [0, 0.05) is 95.6 Å². The average Bonchev–Trinajstić information content (AvgIpc) is 1.59. The molecule has 3 aliphatic heterocycles. The Morgan fingerprint density at radius 3 is 1.63 bits per heavy atom. The molecule has 4 heterocycles. The van der Waals surface area contributed by atoms with Crippen LogP contribution in [0.15, 0.2) is 134 Å². The van der Waals surface area contributed by atoms with E-state index in [1.807, 2.05) is 0 Å². The Hall–Kier alpha value is -13.4. The standard InChI is InChI=1S/C93H118F2N16O22S/c1-9-10-25-71-92(130)111-35-37-133-49-75(111)88(126)104-68(45-79(117)118)85(123)106-80(53(4)5)93(131)108(7)72(42-54-19-13-11-14-20-54)86(124)100-64(32-33-78(115)116)90(128)110-34-36-132-48-74(110)87(125)103-67(44-58-46-97-63-24-18-17-23-60(58)63)84(122)102-66(40-56-26-29-59(112)30-27-56)83(121)101-65(38-52(2)3)82(120)105-70(81(119)98-47-76(96)113)50-134-51-77(114)99-69(41-57-28-31-61(94)62(95)39-57)89(127)109(8)73(91(129)107(71)6)43-55-21-15-12-16-22-55/h11-24,26-31,39,46,52-53,64-75,80,97,112H,9-10,25,32-38,40-45,47-51H2,1-8H3,(H2,96,113)(H,98,119)(H,99,114)(H,100,124)(H,101,121)(H,102,122)(H,103,125)(H,104,126)(H,105,120)(H,106,123)(H,115,116)(H,117,118)/t64-,65-,66-,67-,68-,69-,70-,71-,72-,73-,74+,75+,80-/m0/s1. The number of morpholine rings is 2. The van der Waals surface area contributed by atoms with Crippen LogP contribution >= 0.6 is 11.8 Å². The molecule has 3 fully saturated rings. The first kappa shape index (κ1) is 104. The molecule has 0 aliphatic carbocycles. The quantitative estimate of drug-likeness (QED) is 0.0403. The lowest BCUT2D eigenvalue weighted by molar-refractivity contribution is -0.158. The molecular weight excluding hydrogens is 1760 g/mol. The molecule has 9 rings (SSSR count). The maximum atomic E-state index is 15.7. The number of aromatic nitrogens is 1. The van der Waals surface area contributed by atoms with Crippen LogP contribution < -0.4 is 53.6 Å². The van der Waals surface area contributed by atoms with E-state index in [-0.39, 0.29) is 82.6 Å². The maximum absolute atomic E-state index is 15.7. The number of nitrogens with one attached hydrogen (secondary N) is 10. The predicted octanol–water partition coefficient (Wildman–Crippen LogP) is 1.06. The highest BCUT2D eigenvalue weighted by Crippen LogP contribution is 2.27. The number of halogens is 2. The SMILES string of the molecule is CCCC[C@H]1C(=O)N2CCOC[C@@H]2C(=O)N[C@@H](CC(=O)O)C(=O)N[C@@H](C(C)C)C(=O)N(C)[C@@H](Cc2ccccc2)C(=O)N[C@@H](CCC(=O)O)C(=O)N2CCOC[C@@H]2C(=O)N[C@@H](Cc2c[nH]c3ccccc23)C(=O)N[C@@H](Cc2ccc(O)cc2)C(=O)N[C@@H](CC(C)C)C(=O)N[C@H](C(=O)NCC(N)=O)CSCC(=O)N[C@@H](Cc2ccc(F)c(F)c2)C(=O)N(C)[C@@H](Cc2ccccc2)C(=O)N1C. The molecule has 13 atom stereocenters. The highest BCUT2D eigenvalue weighted by molar-refractivity contribution is 8.00. The summed E-state index contributed by atoms with van der Waals surface area (Å²) in [6.07, 6.45) is -2.22. The third-order valence-corrected chi connectivity index (χ3v) is 24.4. The van der Waals surface area contributed by atoms with Gasteiger partial charge in [-0.25, -0.2) is 8.78 Å². The first-order valence-electron chi connectivity index (χ1n) is 44.2. The third-order valence-electron chi connectivity index (χ3n) is 23.4. The molecule has 6 aromatic rings. The summed E-state index contributed by atoms with van der Waals surface area (Å²) in [4.78, 5) is 259. The van der Waals surface area contributed by atoms with Gasteiger partial charge in [0.25, 0.3) is 0 Å². The van der Waals surface area contributed by atoms with E-state index in [9.17, 15) is 53.3 Å². The average molecular weight is 1880 g/mol. The largest absolute Gasteiger partial charge is 0.508 e. The van der Waals surface area contributed by atoms with Crippen LogP contribution in [-0.4, -0.2) is 303 Å². The molecule has 0 saturated carbocycles. The van der Waals surface area contributed by atoms with E-state index in [1.54, 1.807) is 112 Å². The molecule has 0 radical (unpaired) electrons. The highest BCUT2D eigenvalue weighted by atomic mass is 32.2. The Bertz CT molecular complexity index is 5190. The molecule has 0 bridgehead atoms. The molecule has 134 heavy (non-hydrogen) atoms. The number of benzene rings is 5. The minimum Gasteiger partial charge on any atom is -0.508 e. The number of fused-ring (bicyclic) bond motifs is 3. The van der Waals surface area contributed by atoms with Crippen molar-refractivity contribution in [3.8, 4) is 5.75 Å². The predicted molar refractivity (Wildman–Crippen MR) is 484 cm³/mol. The molecule has 15 N–H and O–H groups in total. The second kappa shape index (κ2) is 49.9. The number of unbranched alkanes of at least 4 members (excludes halogenated alkanes) is 1. The van der Waals surface area contributed by atoms with Crippen LogP contribution in [0.1, 0.15) is 107 Å². The van der Waals surface area contributed by atoms with Gasteiger partial charge in [-0.3, -0.25) is 81.5 Å². The first-order valence-corrected chi connectivity index (χ1v) is 45.4. The van der Waals surface area contributed by atoms with Gasteiger partial charge in [0.05, 0.1) is 45.1 Å². The van der Waals surface area contributed by atoms with Crippen LogP contribution in [0.2, 0.25) is 0 Å². The Kier molecular flexibility index (Phi) is 38.8. The number of carboxylic acid groups (broad SMARTS) is 2. The van der Waals surface area contributed by atoms with Crippen LogP contribution in [0.25, 0.3) is 10.9 Å². The number of rotatable bonds is 24. The van der Waals surface area contributed by atoms with E-state index in [0.29, 0.717) is 51.3 Å². The van der Waals surface area contributed by atoms with Crippen molar-refractivity contribution in [3.63, 3.8) is 0 Å². The summed E-state index contributed by atoms with van der Waals surface area (Å²) in [6.45, 7) is 5.33. The number of hydrogen-bond acceptors (Lipinski definition) is 21. The zero-order chi connectivity index (χ0) is 97.7. The number of nitrogens with two attached hydrogens (primary N) is 1. The number of hydrogen-bond donors (Lipinski definition) is 14. The van der Waals surface area contributed by atoms with Crippen LogP contribution in [0, 0.1) is 23.5 Å². The Morgan fingerprint density at radius 1 is 0.515 bits per heavy atom. The van der Waals surface area contributed by atoms with E-state index in [2.05, 4.69) is 52.8 Å². The van der Waals surface area contributed by atoms with Gasteiger partial charge in [-0.2, -0.15) is 0 Å². The van der Waals surface area contributed by atoms with Gasteiger partial charge in [-0.15, -0.1) is 11.8 Å². The normalized spacial score (nSPS) is 23.7. The van der Waals surface area contributed by atoms with Gasteiger partial charge in [-0.05, 0) is 89.2 Å². The van der Waals surface area contributed by atoms with Crippen LogP contribution in [0.5, 0.6) is 5.75 Å². The number of phenolic OH excluding ortho intramolecular Hbond substituents is 1. The fraction of sp³-hybridized carbons (Fsp3) is 0.473. The monoisotopic (exact) mass is 1880 g/mol. The van der Waals surface area contributed by atoms with Crippen molar-refractivity contribution in [1.82, 2.24) is 77.3 Å². The minimum atomic E-state index is -2.02. The lowest BCUT2D eigenvalue weighted by Gasteiger charge is -2.40. The summed E-state index contributed by atoms with van der Waals surface area (Å²) in [5.74, 6) is -23.4. The molecule has 3 saturated heterocycles. The van der Waals surface area contributed by atoms with E-state index < -0.39 is 260 Å². The number of thioether (sulfide) groups is 1. The van der Waals surface area contributed by atoms with Crippen molar-refractivity contribution in [3.05, 3.63) is 173 Å². The fourth-order valence-electron chi connectivity index (χ4n) is 16.0. The lowest BCUT2D eigenvalue weighted by Crippen LogP contribution is -2.64. The number of carboxylic acids is 2. The number of nitrogens with zero attached hydrogens (tertiary/aromatic N) is 5. The van der Waals surface area contributed by atoms with Crippen molar-refractivity contribution in [1.29, 1.82) is 0 Å². The topological polar surface area (TPSA) is 536 Å². The second-order valence-electron chi connectivity index (χ2n) is 34.1. The lowest BCUT2D eigenvalue weighted by atomic mass is 9.98. The second-order valence-corrected chi connectivity index (χ2v) is 35.2. The molecule has 1 aromatic heterocycles. The van der Waals surface area contributed by atoms with E-state index in [4.69, 9.17) is 15.2 Å². The number of phenols is 1. The van der Waals surface area contributed by atoms with Crippen LogP contribution in [0.4, 0.5) is 8.78 Å². The summed E-state index contributed by atoms with van der Waals surface area (Å²) in [7, 11) is 3.75. The molecule has 0 unspecified atom stereocenters. The molecule has 38 nitrogen and oxygen atoms in total. The van der Waals surface area contributed by atoms with E-state index >= 15 is 52.3 Å². The zero-order valence-electron chi connectivity index (χ0n) is 75.8. The summed E-state index contributed by atoms with van der Waals surface area (Å²) >= 11 is 0.713. The van der Waals surface area contributed by atoms with Crippen molar-refractivity contribution >= 4 is 123 Å². The number of ether oxygens (including phenoxy) is 2. The van der Waals surface area contributed by atoms with Gasteiger partial charge < -0.3 is 108 Å². The van der Waals surface area contributed by atoms with E-state index in [1.165, 1.54) is 59.3 Å². The number of primary amides is 1. The zero-order valence-corrected chi connectivity index (χ0v) is 76.6. The van der Waals surface area contributed by atoms with E-state index in [0.717, 1.165) is 42.7 Å². The van der Waals surface area contributed by atoms with Crippen molar-refractivity contribution in [2.75, 3.05) is 78.7 Å².